The van der Waals surface area contributed by atoms with E-state index in [0.29, 0.717) is 18.2 Å². The summed E-state index contributed by atoms with van der Waals surface area (Å²) in [7, 11) is 2.11. The highest BCUT2D eigenvalue weighted by Crippen LogP contribution is 2.20. The lowest BCUT2D eigenvalue weighted by molar-refractivity contribution is 0.0942. The molecule has 1 aliphatic heterocycles. The Balaban J connectivity index is 1.97. The maximum absolute atomic E-state index is 12.1. The van der Waals surface area contributed by atoms with Crippen molar-refractivity contribution < 1.29 is 4.79 Å². The molecular formula is C13H17BrN2OS. The fourth-order valence-corrected chi connectivity index (χ4v) is 2.86. The van der Waals surface area contributed by atoms with Crippen LogP contribution < -0.4 is 5.32 Å². The van der Waals surface area contributed by atoms with Crippen LogP contribution in [0.4, 0.5) is 0 Å². The van der Waals surface area contributed by atoms with Gasteiger partial charge in [0, 0.05) is 22.0 Å². The number of carbonyl (C=O) groups excluding carboxylic acids is 1. The predicted molar refractivity (Wildman–Crippen MR) is 79.4 cm³/mol. The van der Waals surface area contributed by atoms with Crippen LogP contribution in [0.5, 0.6) is 0 Å². The number of halogens is 1. The average Bonchev–Trinajstić information content (AvgIpc) is 2.75. The molecule has 1 aliphatic rings. The van der Waals surface area contributed by atoms with Gasteiger partial charge in [-0.3, -0.25) is 4.79 Å². The molecule has 3 nitrogen and oxygen atoms in total. The first-order chi connectivity index (χ1) is 8.58. The highest BCUT2D eigenvalue weighted by atomic mass is 79.9. The summed E-state index contributed by atoms with van der Waals surface area (Å²) in [5.74, 6) is -0.0434. The molecule has 2 rings (SSSR count). The molecule has 0 aliphatic carbocycles. The van der Waals surface area contributed by atoms with Crippen LogP contribution in [0.2, 0.25) is 0 Å². The van der Waals surface area contributed by atoms with E-state index in [1.165, 1.54) is 6.42 Å². The van der Waals surface area contributed by atoms with Crippen LogP contribution in [0.25, 0.3) is 0 Å². The third-order valence-electron chi connectivity index (χ3n) is 3.36. The molecule has 0 saturated carbocycles. The smallest absolute Gasteiger partial charge is 0.252 e. The van der Waals surface area contributed by atoms with Gasteiger partial charge >= 0.3 is 0 Å². The predicted octanol–water partition coefficient (Wildman–Crippen LogP) is 2.56. The molecule has 0 radical (unpaired) electrons. The van der Waals surface area contributed by atoms with Gasteiger partial charge in [0.05, 0.1) is 5.56 Å². The number of hydrogen-bond acceptors (Lipinski definition) is 3. The normalized spacial score (nSPS) is 20.1. The summed E-state index contributed by atoms with van der Waals surface area (Å²) in [4.78, 5) is 15.2. The summed E-state index contributed by atoms with van der Waals surface area (Å²) in [6.45, 7) is 1.83. The number of likely N-dealkylation sites (N-methyl/N-ethyl adjacent to an activating group) is 1. The summed E-state index contributed by atoms with van der Waals surface area (Å²) in [6.07, 6.45) is 2.37. The molecule has 1 fully saturated rings. The third kappa shape index (κ3) is 3.28. The van der Waals surface area contributed by atoms with Crippen LogP contribution in [0.15, 0.2) is 27.6 Å². The van der Waals surface area contributed by atoms with E-state index < -0.39 is 0 Å². The molecule has 18 heavy (non-hydrogen) atoms. The Morgan fingerprint density at radius 2 is 2.39 bits per heavy atom. The van der Waals surface area contributed by atoms with Gasteiger partial charge in [-0.15, -0.1) is 12.6 Å². The molecule has 1 aromatic rings. The van der Waals surface area contributed by atoms with Gasteiger partial charge in [-0.2, -0.15) is 0 Å². The first-order valence-corrected chi connectivity index (χ1v) is 7.29. The van der Waals surface area contributed by atoms with E-state index in [1.807, 2.05) is 12.1 Å². The van der Waals surface area contributed by atoms with Crippen molar-refractivity contribution in [3.63, 3.8) is 0 Å². The molecule has 1 saturated heterocycles. The number of likely N-dealkylation sites (tertiary alicyclic amines) is 1. The summed E-state index contributed by atoms with van der Waals surface area (Å²) in [6, 6.07) is 5.95. The van der Waals surface area contributed by atoms with E-state index >= 15 is 0 Å². The van der Waals surface area contributed by atoms with Crippen molar-refractivity contribution in [3.05, 3.63) is 28.2 Å². The molecule has 1 aromatic carbocycles. The van der Waals surface area contributed by atoms with Crippen LogP contribution in [0, 0.1) is 0 Å². The van der Waals surface area contributed by atoms with Gasteiger partial charge in [-0.05, 0) is 60.6 Å². The van der Waals surface area contributed by atoms with E-state index in [0.717, 1.165) is 22.3 Å². The van der Waals surface area contributed by atoms with Gasteiger partial charge in [0.1, 0.15) is 0 Å². The Morgan fingerprint density at radius 3 is 3.06 bits per heavy atom. The van der Waals surface area contributed by atoms with E-state index in [-0.39, 0.29) is 5.91 Å². The Morgan fingerprint density at radius 1 is 1.61 bits per heavy atom. The minimum Gasteiger partial charge on any atom is -0.350 e. The summed E-state index contributed by atoms with van der Waals surface area (Å²) < 4.78 is 0.803. The lowest BCUT2D eigenvalue weighted by Gasteiger charge is -2.19. The topological polar surface area (TPSA) is 32.3 Å². The quantitative estimate of drug-likeness (QED) is 0.836. The number of thiol groups is 1. The van der Waals surface area contributed by atoms with Gasteiger partial charge in [0.15, 0.2) is 0 Å². The number of benzene rings is 1. The van der Waals surface area contributed by atoms with Crippen LogP contribution in [-0.4, -0.2) is 37.0 Å². The number of amides is 1. The molecule has 1 atom stereocenters. The minimum absolute atomic E-state index is 0.0434. The molecule has 0 aromatic heterocycles. The first-order valence-electron chi connectivity index (χ1n) is 6.05. The summed E-state index contributed by atoms with van der Waals surface area (Å²) in [5.41, 5.74) is 0.642. The zero-order valence-electron chi connectivity index (χ0n) is 10.3. The maximum Gasteiger partial charge on any atom is 0.252 e. The highest BCUT2D eigenvalue weighted by molar-refractivity contribution is 9.10. The number of nitrogens with zero attached hydrogens (tertiary/aromatic N) is 1. The zero-order chi connectivity index (χ0) is 13.1. The fourth-order valence-electron chi connectivity index (χ4n) is 2.23. The largest absolute Gasteiger partial charge is 0.350 e. The van der Waals surface area contributed by atoms with Gasteiger partial charge in [-0.25, -0.2) is 0 Å². The summed E-state index contributed by atoms with van der Waals surface area (Å²) in [5, 5.41) is 2.99. The fraction of sp³-hybridized carbons (Fsp3) is 0.462. The third-order valence-corrected chi connectivity index (χ3v) is 4.33. The van der Waals surface area contributed by atoms with E-state index in [4.69, 9.17) is 0 Å². The Kier molecular flexibility index (Phi) is 4.70. The highest BCUT2D eigenvalue weighted by Gasteiger charge is 2.21. The van der Waals surface area contributed by atoms with Crippen molar-refractivity contribution in [3.8, 4) is 0 Å². The van der Waals surface area contributed by atoms with Crippen molar-refractivity contribution in [1.29, 1.82) is 0 Å². The Hall–Kier alpha value is -0.520. The van der Waals surface area contributed by atoms with Crippen LogP contribution in [0.3, 0.4) is 0 Å². The second-order valence-electron chi connectivity index (χ2n) is 4.65. The molecule has 1 N–H and O–H groups in total. The molecule has 5 heteroatoms. The SMILES string of the molecule is CN1CCCC1CNC(=O)c1cc(S)ccc1Br. The average molecular weight is 329 g/mol. The number of carbonyl (C=O) groups is 1. The maximum atomic E-state index is 12.1. The second kappa shape index (κ2) is 6.08. The molecule has 0 spiro atoms. The van der Waals surface area contributed by atoms with Gasteiger partial charge in [0.2, 0.25) is 0 Å². The molecule has 0 bridgehead atoms. The van der Waals surface area contributed by atoms with Crippen molar-refractivity contribution in [2.75, 3.05) is 20.1 Å². The van der Waals surface area contributed by atoms with E-state index in [2.05, 4.69) is 45.8 Å². The zero-order valence-corrected chi connectivity index (χ0v) is 12.8. The van der Waals surface area contributed by atoms with Crippen molar-refractivity contribution >= 4 is 34.5 Å². The minimum atomic E-state index is -0.0434. The molecule has 98 valence electrons. The van der Waals surface area contributed by atoms with Crippen LogP contribution in [0.1, 0.15) is 23.2 Å². The molecule has 1 amide bonds. The number of rotatable bonds is 3. The van der Waals surface area contributed by atoms with E-state index in [9.17, 15) is 4.79 Å². The van der Waals surface area contributed by atoms with E-state index in [1.54, 1.807) is 6.07 Å². The Labute approximate surface area is 121 Å². The van der Waals surface area contributed by atoms with Gasteiger partial charge < -0.3 is 10.2 Å². The second-order valence-corrected chi connectivity index (χ2v) is 6.02. The molecule has 1 unspecified atom stereocenters. The lowest BCUT2D eigenvalue weighted by atomic mass is 10.2. The number of nitrogens with one attached hydrogen (secondary N) is 1. The first kappa shape index (κ1) is 13.9. The standard InChI is InChI=1S/C13H17BrN2OS/c1-16-6-2-3-9(16)8-15-13(17)11-7-10(18)4-5-12(11)14/h4-5,7,9,18H,2-3,6,8H2,1H3,(H,15,17). The van der Waals surface area contributed by atoms with Crippen LogP contribution >= 0.6 is 28.6 Å². The monoisotopic (exact) mass is 328 g/mol. The Bertz CT molecular complexity index is 453. The molecular weight excluding hydrogens is 312 g/mol. The number of hydrogen-bond donors (Lipinski definition) is 2. The summed E-state index contributed by atoms with van der Waals surface area (Å²) >= 11 is 7.65. The van der Waals surface area contributed by atoms with Gasteiger partial charge in [0.25, 0.3) is 5.91 Å². The van der Waals surface area contributed by atoms with Crippen molar-refractivity contribution in [2.45, 2.75) is 23.8 Å². The lowest BCUT2D eigenvalue weighted by Crippen LogP contribution is -2.38. The van der Waals surface area contributed by atoms with Gasteiger partial charge in [-0.1, -0.05) is 0 Å². The van der Waals surface area contributed by atoms with Crippen LogP contribution in [-0.2, 0) is 0 Å². The van der Waals surface area contributed by atoms with Crippen molar-refractivity contribution in [1.82, 2.24) is 10.2 Å². The molecule has 1 heterocycles. The van der Waals surface area contributed by atoms with Crippen molar-refractivity contribution in [2.24, 2.45) is 0 Å².